The Hall–Kier alpha value is -3.60. The van der Waals surface area contributed by atoms with Gasteiger partial charge in [0.25, 0.3) is 0 Å². The van der Waals surface area contributed by atoms with Gasteiger partial charge in [-0.3, -0.25) is 9.48 Å². The molecule has 4 aromatic rings. The number of benzene rings is 3. The van der Waals surface area contributed by atoms with Crippen molar-refractivity contribution in [3.8, 4) is 17.0 Å². The third kappa shape index (κ3) is 3.72. The van der Waals surface area contributed by atoms with Crippen LogP contribution in [-0.2, 0) is 11.3 Å². The fraction of sp³-hybridized carbons (Fsp3) is 0.167. The molecule has 0 aliphatic heterocycles. The molecule has 0 saturated heterocycles. The molecule has 0 aliphatic carbocycles. The molecule has 0 spiro atoms. The van der Waals surface area contributed by atoms with Gasteiger partial charge in [0.1, 0.15) is 17.5 Å². The smallest absolute Gasteiger partial charge is 0.244 e. The second-order valence-electron chi connectivity index (χ2n) is 6.88. The highest BCUT2D eigenvalue weighted by Crippen LogP contribution is 2.29. The van der Waals surface area contributed by atoms with Crippen molar-refractivity contribution >= 4 is 16.8 Å². The highest BCUT2D eigenvalue weighted by atomic mass is 16.5. The number of carbonyl (C=O) groups is 1. The van der Waals surface area contributed by atoms with Gasteiger partial charge in [-0.15, -0.1) is 0 Å². The fourth-order valence-electron chi connectivity index (χ4n) is 3.48. The molecule has 1 N–H and O–H groups in total. The predicted molar refractivity (Wildman–Crippen MR) is 115 cm³/mol. The summed E-state index contributed by atoms with van der Waals surface area (Å²) in [7, 11) is 1.63. The first-order valence-corrected chi connectivity index (χ1v) is 9.61. The summed E-state index contributed by atoms with van der Waals surface area (Å²) in [6, 6.07) is 25.3. The highest BCUT2D eigenvalue weighted by Gasteiger charge is 2.21. The van der Waals surface area contributed by atoms with Gasteiger partial charge in [0.05, 0.1) is 12.6 Å². The summed E-state index contributed by atoms with van der Waals surface area (Å²) >= 11 is 0. The van der Waals surface area contributed by atoms with Gasteiger partial charge in [-0.25, -0.2) is 0 Å². The van der Waals surface area contributed by atoms with Crippen LogP contribution in [0.15, 0.2) is 78.9 Å². The average Bonchev–Trinajstić information content (AvgIpc) is 3.17. The fourth-order valence-corrected chi connectivity index (χ4v) is 3.48. The minimum atomic E-state index is -0.452. The number of hydrogen-bond acceptors (Lipinski definition) is 3. The average molecular weight is 385 g/mol. The molecule has 0 fully saturated rings. The summed E-state index contributed by atoms with van der Waals surface area (Å²) in [5.41, 5.74) is 3.78. The summed E-state index contributed by atoms with van der Waals surface area (Å²) in [6.45, 7) is 2.27. The summed E-state index contributed by atoms with van der Waals surface area (Å²) in [6.07, 6.45) is 0. The van der Waals surface area contributed by atoms with Crippen LogP contribution in [0.25, 0.3) is 22.2 Å². The molecule has 1 heterocycles. The van der Waals surface area contributed by atoms with Gasteiger partial charge in [-0.1, -0.05) is 66.7 Å². The largest absolute Gasteiger partial charge is 0.496 e. The van der Waals surface area contributed by atoms with Gasteiger partial charge < -0.3 is 10.1 Å². The van der Waals surface area contributed by atoms with E-state index in [1.807, 2.05) is 85.8 Å². The Bertz CT molecular complexity index is 1140. The number of hydrogen-bond donors (Lipinski definition) is 1. The maximum Gasteiger partial charge on any atom is 0.244 e. The Morgan fingerprint density at radius 1 is 1.00 bits per heavy atom. The molecule has 0 radical (unpaired) electrons. The summed E-state index contributed by atoms with van der Waals surface area (Å²) < 4.78 is 7.16. The maximum atomic E-state index is 12.9. The SMILES string of the molecule is COc1ccccc1CNC(=O)C(C)n1nc(-c2ccccc2)c2ccccc21. The lowest BCUT2D eigenvalue weighted by Gasteiger charge is -2.15. The second-order valence-corrected chi connectivity index (χ2v) is 6.88. The molecule has 0 bridgehead atoms. The molecular formula is C24H23N3O2. The molecule has 29 heavy (non-hydrogen) atoms. The van der Waals surface area contributed by atoms with E-state index in [2.05, 4.69) is 5.32 Å². The zero-order valence-corrected chi connectivity index (χ0v) is 16.5. The van der Waals surface area contributed by atoms with Crippen LogP contribution in [0.4, 0.5) is 0 Å². The summed E-state index contributed by atoms with van der Waals surface area (Å²) in [4.78, 5) is 12.9. The van der Waals surface area contributed by atoms with E-state index >= 15 is 0 Å². The number of para-hydroxylation sites is 2. The monoisotopic (exact) mass is 385 g/mol. The van der Waals surface area contributed by atoms with E-state index in [0.717, 1.165) is 33.5 Å². The second kappa shape index (κ2) is 8.19. The quantitative estimate of drug-likeness (QED) is 0.528. The molecule has 5 heteroatoms. The van der Waals surface area contributed by atoms with Crippen LogP contribution in [0.5, 0.6) is 5.75 Å². The molecule has 0 aliphatic rings. The van der Waals surface area contributed by atoms with Crippen molar-refractivity contribution in [3.05, 3.63) is 84.4 Å². The van der Waals surface area contributed by atoms with Crippen molar-refractivity contribution in [2.75, 3.05) is 7.11 Å². The van der Waals surface area contributed by atoms with Crippen LogP contribution in [0.1, 0.15) is 18.5 Å². The molecule has 1 amide bonds. The minimum Gasteiger partial charge on any atom is -0.496 e. The molecule has 1 atom stereocenters. The molecule has 5 nitrogen and oxygen atoms in total. The first-order chi connectivity index (χ1) is 14.2. The summed E-state index contributed by atoms with van der Waals surface area (Å²) in [5, 5.41) is 8.84. The molecule has 1 unspecified atom stereocenters. The van der Waals surface area contributed by atoms with Crippen LogP contribution >= 0.6 is 0 Å². The lowest BCUT2D eigenvalue weighted by Crippen LogP contribution is -2.31. The molecule has 4 rings (SSSR count). The molecule has 3 aromatic carbocycles. The number of aromatic nitrogens is 2. The van der Waals surface area contributed by atoms with Crippen LogP contribution in [0.2, 0.25) is 0 Å². The number of nitrogens with one attached hydrogen (secondary N) is 1. The van der Waals surface area contributed by atoms with Crippen molar-refractivity contribution in [2.24, 2.45) is 0 Å². The van der Waals surface area contributed by atoms with Crippen molar-refractivity contribution in [1.29, 1.82) is 0 Å². The molecule has 0 saturated carbocycles. The van der Waals surface area contributed by atoms with Crippen molar-refractivity contribution in [2.45, 2.75) is 19.5 Å². The van der Waals surface area contributed by atoms with Crippen LogP contribution in [-0.4, -0.2) is 22.8 Å². The standard InChI is InChI=1S/C24H23N3O2/c1-17(24(28)25-16-19-12-6-9-15-22(19)29-2)27-21-14-8-7-13-20(21)23(26-27)18-10-4-3-5-11-18/h3-15,17H,16H2,1-2H3,(H,25,28). The van der Waals surface area contributed by atoms with Gasteiger partial charge >= 0.3 is 0 Å². The number of fused-ring (bicyclic) bond motifs is 1. The minimum absolute atomic E-state index is 0.0937. The Kier molecular flexibility index (Phi) is 5.29. The van der Waals surface area contributed by atoms with Crippen molar-refractivity contribution < 1.29 is 9.53 Å². The van der Waals surface area contributed by atoms with E-state index in [0.29, 0.717) is 6.54 Å². The normalized spacial score (nSPS) is 11.9. The van der Waals surface area contributed by atoms with Crippen LogP contribution in [0, 0.1) is 0 Å². The number of rotatable bonds is 6. The van der Waals surface area contributed by atoms with Crippen molar-refractivity contribution in [3.63, 3.8) is 0 Å². The lowest BCUT2D eigenvalue weighted by atomic mass is 10.1. The third-order valence-corrected chi connectivity index (χ3v) is 5.05. The number of ether oxygens (including phenoxy) is 1. The Labute approximate surface area is 169 Å². The first-order valence-electron chi connectivity index (χ1n) is 9.61. The zero-order valence-electron chi connectivity index (χ0n) is 16.5. The zero-order chi connectivity index (χ0) is 20.2. The number of carbonyl (C=O) groups excluding carboxylic acids is 1. The van der Waals surface area contributed by atoms with Gasteiger partial charge in [0.15, 0.2) is 0 Å². The maximum absolute atomic E-state index is 12.9. The lowest BCUT2D eigenvalue weighted by molar-refractivity contribution is -0.124. The predicted octanol–water partition coefficient (Wildman–Crippen LogP) is 4.59. The Balaban J connectivity index is 1.61. The van der Waals surface area contributed by atoms with Crippen LogP contribution < -0.4 is 10.1 Å². The molecule has 1 aromatic heterocycles. The number of methoxy groups -OCH3 is 1. The van der Waals surface area contributed by atoms with E-state index in [1.54, 1.807) is 11.8 Å². The molecular weight excluding hydrogens is 362 g/mol. The Morgan fingerprint density at radius 3 is 2.48 bits per heavy atom. The van der Waals surface area contributed by atoms with Crippen molar-refractivity contribution in [1.82, 2.24) is 15.1 Å². The van der Waals surface area contributed by atoms with E-state index in [1.165, 1.54) is 0 Å². The van der Waals surface area contributed by atoms with E-state index < -0.39 is 6.04 Å². The third-order valence-electron chi connectivity index (χ3n) is 5.05. The Morgan fingerprint density at radius 2 is 1.69 bits per heavy atom. The van der Waals surface area contributed by atoms with Gasteiger partial charge in [0.2, 0.25) is 5.91 Å². The van der Waals surface area contributed by atoms with Gasteiger partial charge in [-0.2, -0.15) is 5.10 Å². The van der Waals surface area contributed by atoms with E-state index in [4.69, 9.17) is 9.84 Å². The number of nitrogens with zero attached hydrogens (tertiary/aromatic N) is 2. The highest BCUT2D eigenvalue weighted by molar-refractivity contribution is 5.94. The topological polar surface area (TPSA) is 56.1 Å². The van der Waals surface area contributed by atoms with Gasteiger partial charge in [-0.05, 0) is 19.1 Å². The number of amides is 1. The molecule has 146 valence electrons. The first kappa shape index (κ1) is 18.7. The summed E-state index contributed by atoms with van der Waals surface area (Å²) in [5.74, 6) is 0.667. The van der Waals surface area contributed by atoms with E-state index in [-0.39, 0.29) is 5.91 Å². The van der Waals surface area contributed by atoms with Gasteiger partial charge in [0, 0.05) is 23.1 Å². The van der Waals surface area contributed by atoms with Crippen LogP contribution in [0.3, 0.4) is 0 Å². The van der Waals surface area contributed by atoms with E-state index in [9.17, 15) is 4.79 Å².